The zero-order valence-corrected chi connectivity index (χ0v) is 8.75. The van der Waals surface area contributed by atoms with E-state index in [0.717, 1.165) is 5.69 Å². The standard InChI is InChI=1S/C5H6N2O2.C5H6N2/c1-4-2-3-5(6-4)7(8)9;6-5-3-1-2-4-7-5/h2-3,6H,1H3;1-4H,(H2,6,7). The third-order valence-electron chi connectivity index (χ3n) is 1.70. The zero-order valence-electron chi connectivity index (χ0n) is 8.75. The first-order valence-corrected chi connectivity index (χ1v) is 4.56. The summed E-state index contributed by atoms with van der Waals surface area (Å²) in [4.78, 5) is 15.9. The van der Waals surface area contributed by atoms with E-state index in [0.29, 0.717) is 5.82 Å². The van der Waals surface area contributed by atoms with Crippen molar-refractivity contribution in [2.24, 2.45) is 0 Å². The molecular formula is C10H12N4O2. The molecule has 0 saturated heterocycles. The van der Waals surface area contributed by atoms with Gasteiger partial charge in [0.05, 0.1) is 5.69 Å². The first-order chi connectivity index (χ1) is 7.59. The maximum Gasteiger partial charge on any atom is 0.321 e. The molecule has 0 radical (unpaired) electrons. The van der Waals surface area contributed by atoms with E-state index in [1.54, 1.807) is 25.3 Å². The molecule has 0 aliphatic heterocycles. The Labute approximate surface area is 92.3 Å². The first kappa shape index (κ1) is 11.7. The van der Waals surface area contributed by atoms with E-state index in [1.807, 2.05) is 12.1 Å². The van der Waals surface area contributed by atoms with E-state index in [2.05, 4.69) is 9.97 Å². The maximum atomic E-state index is 9.99. The smallest absolute Gasteiger partial charge is 0.321 e. The van der Waals surface area contributed by atoms with Crippen LogP contribution in [-0.4, -0.2) is 14.9 Å². The Morgan fingerprint density at radius 3 is 2.38 bits per heavy atom. The number of H-pyrrole nitrogens is 1. The summed E-state index contributed by atoms with van der Waals surface area (Å²) in [6, 6.07) is 8.53. The Hall–Kier alpha value is -2.37. The van der Waals surface area contributed by atoms with Crippen molar-refractivity contribution in [2.45, 2.75) is 6.92 Å². The number of anilines is 1. The van der Waals surface area contributed by atoms with E-state index in [1.165, 1.54) is 6.07 Å². The summed E-state index contributed by atoms with van der Waals surface area (Å²) in [5, 5.41) is 9.99. The Balaban J connectivity index is 0.000000165. The van der Waals surface area contributed by atoms with Gasteiger partial charge in [-0.1, -0.05) is 6.07 Å². The van der Waals surface area contributed by atoms with Crippen LogP contribution in [0.2, 0.25) is 0 Å². The number of aromatic amines is 1. The van der Waals surface area contributed by atoms with Gasteiger partial charge in [0.1, 0.15) is 5.82 Å². The number of nitrogen functional groups attached to an aromatic ring is 1. The summed E-state index contributed by atoms with van der Waals surface area (Å²) in [5.41, 5.74) is 6.05. The van der Waals surface area contributed by atoms with E-state index >= 15 is 0 Å². The fraction of sp³-hybridized carbons (Fsp3) is 0.100. The molecular weight excluding hydrogens is 208 g/mol. The molecule has 0 aliphatic carbocycles. The number of hydrogen-bond acceptors (Lipinski definition) is 4. The lowest BCUT2D eigenvalue weighted by atomic mass is 10.5. The van der Waals surface area contributed by atoms with E-state index < -0.39 is 4.92 Å². The lowest BCUT2D eigenvalue weighted by Crippen LogP contribution is -1.86. The molecule has 0 aliphatic rings. The zero-order chi connectivity index (χ0) is 12.0. The van der Waals surface area contributed by atoms with E-state index in [-0.39, 0.29) is 5.82 Å². The predicted octanol–water partition coefficient (Wildman–Crippen LogP) is 1.90. The summed E-state index contributed by atoms with van der Waals surface area (Å²) in [6.07, 6.45) is 1.66. The van der Waals surface area contributed by atoms with Gasteiger partial charge in [-0.2, -0.15) is 0 Å². The lowest BCUT2D eigenvalue weighted by Gasteiger charge is -1.85. The second-order valence-corrected chi connectivity index (χ2v) is 3.04. The molecule has 0 fully saturated rings. The Morgan fingerprint density at radius 2 is 2.12 bits per heavy atom. The van der Waals surface area contributed by atoms with Crippen molar-refractivity contribution in [2.75, 3.05) is 5.73 Å². The number of aryl methyl sites for hydroxylation is 1. The Kier molecular flexibility index (Phi) is 4.02. The summed E-state index contributed by atoms with van der Waals surface area (Å²) in [5.74, 6) is 0.620. The van der Waals surface area contributed by atoms with Gasteiger partial charge < -0.3 is 15.8 Å². The molecule has 2 aromatic rings. The minimum absolute atomic E-state index is 0.0486. The number of nitrogens with zero attached hydrogens (tertiary/aromatic N) is 2. The van der Waals surface area contributed by atoms with Gasteiger partial charge in [-0.15, -0.1) is 0 Å². The molecule has 2 heterocycles. The van der Waals surface area contributed by atoms with Crippen molar-refractivity contribution in [3.8, 4) is 0 Å². The highest BCUT2D eigenvalue weighted by molar-refractivity contribution is 5.25. The molecule has 6 heteroatoms. The number of hydrogen-bond donors (Lipinski definition) is 2. The second kappa shape index (κ2) is 5.50. The molecule has 0 atom stereocenters. The highest BCUT2D eigenvalue weighted by Gasteiger charge is 2.02. The average molecular weight is 220 g/mol. The minimum Gasteiger partial charge on any atom is -0.384 e. The van der Waals surface area contributed by atoms with Crippen LogP contribution in [0, 0.1) is 17.0 Å². The van der Waals surface area contributed by atoms with Crippen LogP contribution in [-0.2, 0) is 0 Å². The van der Waals surface area contributed by atoms with Crippen molar-refractivity contribution in [1.82, 2.24) is 9.97 Å². The quantitative estimate of drug-likeness (QED) is 0.566. The third-order valence-corrected chi connectivity index (χ3v) is 1.70. The fourth-order valence-corrected chi connectivity index (χ4v) is 0.972. The number of aromatic nitrogens is 2. The highest BCUT2D eigenvalue weighted by Crippen LogP contribution is 2.07. The van der Waals surface area contributed by atoms with Gasteiger partial charge in [0.15, 0.2) is 0 Å². The molecule has 6 nitrogen and oxygen atoms in total. The molecule has 0 aromatic carbocycles. The van der Waals surface area contributed by atoms with Crippen LogP contribution in [0.15, 0.2) is 36.5 Å². The molecule has 0 saturated carbocycles. The molecule has 0 bridgehead atoms. The maximum absolute atomic E-state index is 9.99. The number of nitrogens with one attached hydrogen (secondary N) is 1. The molecule has 3 N–H and O–H groups in total. The minimum atomic E-state index is -0.451. The molecule has 0 unspecified atom stereocenters. The molecule has 2 rings (SSSR count). The van der Waals surface area contributed by atoms with Crippen LogP contribution in [0.25, 0.3) is 0 Å². The molecule has 2 aromatic heterocycles. The van der Waals surface area contributed by atoms with Crippen molar-refractivity contribution < 1.29 is 4.92 Å². The Morgan fingerprint density at radius 1 is 1.38 bits per heavy atom. The van der Waals surface area contributed by atoms with Crippen LogP contribution >= 0.6 is 0 Å². The number of nitrogens with two attached hydrogens (primary N) is 1. The van der Waals surface area contributed by atoms with Gasteiger partial charge in [-0.25, -0.2) is 9.97 Å². The summed E-state index contributed by atoms with van der Waals surface area (Å²) in [7, 11) is 0. The summed E-state index contributed by atoms with van der Waals surface area (Å²) >= 11 is 0. The molecule has 84 valence electrons. The van der Waals surface area contributed by atoms with Crippen molar-refractivity contribution in [1.29, 1.82) is 0 Å². The third kappa shape index (κ3) is 3.79. The van der Waals surface area contributed by atoms with E-state index in [4.69, 9.17) is 5.73 Å². The second-order valence-electron chi connectivity index (χ2n) is 3.04. The van der Waals surface area contributed by atoms with Gasteiger partial charge >= 0.3 is 5.82 Å². The lowest BCUT2D eigenvalue weighted by molar-refractivity contribution is -0.389. The van der Waals surface area contributed by atoms with Crippen LogP contribution in [0.5, 0.6) is 0 Å². The SMILES string of the molecule is Cc1ccc([N+](=O)[O-])[nH]1.Nc1ccccn1. The number of pyridine rings is 1. The predicted molar refractivity (Wildman–Crippen MR) is 60.8 cm³/mol. The first-order valence-electron chi connectivity index (χ1n) is 4.56. The van der Waals surface area contributed by atoms with Crippen LogP contribution in [0.1, 0.15) is 5.69 Å². The van der Waals surface area contributed by atoms with Gasteiger partial charge in [-0.05, 0) is 30.0 Å². The largest absolute Gasteiger partial charge is 0.384 e. The molecule has 0 amide bonds. The van der Waals surface area contributed by atoms with Crippen LogP contribution < -0.4 is 5.73 Å². The number of nitro groups is 1. The topological polar surface area (TPSA) is 97.8 Å². The van der Waals surface area contributed by atoms with Gasteiger partial charge in [0.25, 0.3) is 0 Å². The van der Waals surface area contributed by atoms with Crippen molar-refractivity contribution in [3.05, 3.63) is 52.3 Å². The molecule has 16 heavy (non-hydrogen) atoms. The Bertz CT molecular complexity index is 453. The van der Waals surface area contributed by atoms with E-state index in [9.17, 15) is 10.1 Å². The summed E-state index contributed by atoms with van der Waals surface area (Å²) < 4.78 is 0. The van der Waals surface area contributed by atoms with Crippen molar-refractivity contribution in [3.63, 3.8) is 0 Å². The highest BCUT2D eigenvalue weighted by atomic mass is 16.6. The van der Waals surface area contributed by atoms with Crippen molar-refractivity contribution >= 4 is 11.6 Å². The average Bonchev–Trinajstić information content (AvgIpc) is 2.67. The number of rotatable bonds is 1. The molecule has 0 spiro atoms. The van der Waals surface area contributed by atoms with Crippen LogP contribution in [0.3, 0.4) is 0 Å². The fourth-order valence-electron chi connectivity index (χ4n) is 0.972. The normalized spacial score (nSPS) is 9.06. The van der Waals surface area contributed by atoms with Crippen LogP contribution in [0.4, 0.5) is 11.6 Å². The van der Waals surface area contributed by atoms with Gasteiger partial charge in [0, 0.05) is 12.3 Å². The van der Waals surface area contributed by atoms with Gasteiger partial charge in [-0.3, -0.25) is 0 Å². The van der Waals surface area contributed by atoms with Gasteiger partial charge in [0.2, 0.25) is 0 Å². The monoisotopic (exact) mass is 220 g/mol. The summed E-state index contributed by atoms with van der Waals surface area (Å²) in [6.45, 7) is 1.77.